The first-order valence-electron chi connectivity index (χ1n) is 8.61. The molecule has 1 fully saturated rings. The number of nitrogens with one attached hydrogen (secondary N) is 1. The number of hydrogen-bond donors (Lipinski definition) is 1. The molecule has 1 aromatic heterocycles. The predicted octanol–water partition coefficient (Wildman–Crippen LogP) is 3.84. The molecule has 0 saturated carbocycles. The molecule has 144 valence electrons. The van der Waals surface area contributed by atoms with Crippen LogP contribution in [0, 0.1) is 11.7 Å². The van der Waals surface area contributed by atoms with E-state index in [1.54, 1.807) is 18.3 Å². The zero-order chi connectivity index (χ0) is 19.4. The van der Waals surface area contributed by atoms with Crippen molar-refractivity contribution in [2.24, 2.45) is 5.92 Å². The summed E-state index contributed by atoms with van der Waals surface area (Å²) in [5, 5.41) is 0. The third kappa shape index (κ3) is 4.44. The van der Waals surface area contributed by atoms with Crippen LogP contribution in [-0.4, -0.2) is 43.1 Å². The highest BCUT2D eigenvalue weighted by atomic mass is 32.2. The van der Waals surface area contributed by atoms with Gasteiger partial charge in [0.05, 0.1) is 31.0 Å². The topological polar surface area (TPSA) is 63.7 Å². The summed E-state index contributed by atoms with van der Waals surface area (Å²) in [5.41, 5.74) is 1.02. The molecule has 1 amide bonds. The zero-order valence-corrected chi connectivity index (χ0v) is 16.3. The lowest BCUT2D eigenvalue weighted by Gasteiger charge is -2.18. The number of hydrogen-bond acceptors (Lipinski definition) is 6. The second-order valence-electron chi connectivity index (χ2n) is 6.43. The Kier molecular flexibility index (Phi) is 6.05. The quantitative estimate of drug-likeness (QED) is 0.755. The minimum Gasteiger partial charge on any atom is -0.496 e. The first-order chi connectivity index (χ1) is 13.0. The summed E-state index contributed by atoms with van der Waals surface area (Å²) in [7, 11) is 3.02. The van der Waals surface area contributed by atoms with Gasteiger partial charge in [-0.15, -0.1) is 0 Å². The number of carbonyl (C=O) groups is 1. The fraction of sp³-hybridized carbons (Fsp3) is 0.368. The summed E-state index contributed by atoms with van der Waals surface area (Å²) < 4.78 is 27.1. The highest BCUT2D eigenvalue weighted by Crippen LogP contribution is 2.32. The Hall–Kier alpha value is -2.48. The average molecular weight is 391 g/mol. The van der Waals surface area contributed by atoms with E-state index in [4.69, 9.17) is 9.47 Å². The second kappa shape index (κ2) is 8.47. The Morgan fingerprint density at radius 1 is 1.33 bits per heavy atom. The van der Waals surface area contributed by atoms with Crippen LogP contribution in [0.2, 0.25) is 0 Å². The van der Waals surface area contributed by atoms with E-state index >= 15 is 0 Å². The van der Waals surface area contributed by atoms with Crippen molar-refractivity contribution in [2.45, 2.75) is 18.2 Å². The van der Waals surface area contributed by atoms with Crippen LogP contribution < -0.4 is 14.2 Å². The molecule has 3 rings (SSSR count). The van der Waals surface area contributed by atoms with E-state index in [1.807, 2.05) is 4.90 Å². The van der Waals surface area contributed by atoms with E-state index in [1.165, 1.54) is 38.3 Å². The van der Waals surface area contributed by atoms with Crippen LogP contribution in [0.1, 0.15) is 23.7 Å². The van der Waals surface area contributed by atoms with E-state index in [9.17, 15) is 9.18 Å². The first-order valence-corrected chi connectivity index (χ1v) is 9.43. The molecule has 0 bridgehead atoms. The fourth-order valence-electron chi connectivity index (χ4n) is 2.96. The number of carbonyl (C=O) groups excluding carboxylic acids is 1. The van der Waals surface area contributed by atoms with Crippen molar-refractivity contribution in [2.75, 3.05) is 32.0 Å². The molecule has 8 heteroatoms. The van der Waals surface area contributed by atoms with Gasteiger partial charge in [-0.25, -0.2) is 9.37 Å². The number of pyridine rings is 1. The third-order valence-corrected chi connectivity index (χ3v) is 5.27. The highest BCUT2D eigenvalue weighted by Gasteiger charge is 2.27. The number of anilines is 1. The maximum atomic E-state index is 13.5. The molecule has 2 heterocycles. The summed E-state index contributed by atoms with van der Waals surface area (Å²) in [5.74, 6) is 0.883. The largest absolute Gasteiger partial charge is 0.496 e. The molecule has 2 aromatic rings. The van der Waals surface area contributed by atoms with Crippen LogP contribution >= 0.6 is 11.9 Å². The van der Waals surface area contributed by atoms with Gasteiger partial charge in [0.2, 0.25) is 5.88 Å². The predicted molar refractivity (Wildman–Crippen MR) is 103 cm³/mol. The Balaban J connectivity index is 1.79. The average Bonchev–Trinajstić information content (AvgIpc) is 3.12. The second-order valence-corrected chi connectivity index (χ2v) is 7.27. The van der Waals surface area contributed by atoms with Gasteiger partial charge in [-0.2, -0.15) is 0 Å². The van der Waals surface area contributed by atoms with Crippen molar-refractivity contribution in [3.63, 3.8) is 0 Å². The van der Waals surface area contributed by atoms with E-state index in [0.717, 1.165) is 19.5 Å². The van der Waals surface area contributed by atoms with Crippen molar-refractivity contribution in [3.8, 4) is 11.6 Å². The lowest BCUT2D eigenvalue weighted by molar-refractivity contribution is 0.0784. The maximum absolute atomic E-state index is 13.5. The standard InChI is InChI=1S/C19H22FN3O3S/c1-12-6-7-23(11-12)19(24)15-9-14(10-21-18(15)26-3)22-27-17-8-13(20)4-5-16(17)25-2/h4-5,8-10,12,22H,6-7,11H2,1-3H3. The number of benzene rings is 1. The molecule has 1 unspecified atom stereocenters. The van der Waals surface area contributed by atoms with Gasteiger partial charge < -0.3 is 19.1 Å². The first kappa shape index (κ1) is 19.3. The minimum atomic E-state index is -0.355. The molecule has 1 aliphatic rings. The SMILES string of the molecule is COc1ccc(F)cc1SNc1cnc(OC)c(C(=O)N2CCC(C)C2)c1. The van der Waals surface area contributed by atoms with Crippen molar-refractivity contribution >= 4 is 23.5 Å². The van der Waals surface area contributed by atoms with Crippen molar-refractivity contribution < 1.29 is 18.7 Å². The molecule has 1 atom stereocenters. The molecular formula is C19H22FN3O3S. The van der Waals surface area contributed by atoms with Gasteiger partial charge in [0.25, 0.3) is 5.91 Å². The lowest BCUT2D eigenvalue weighted by atomic mass is 10.2. The van der Waals surface area contributed by atoms with Crippen molar-refractivity contribution in [1.82, 2.24) is 9.88 Å². The Morgan fingerprint density at radius 2 is 2.15 bits per heavy atom. The Bertz CT molecular complexity index is 834. The normalized spacial score (nSPS) is 16.3. The molecule has 1 aliphatic heterocycles. The number of likely N-dealkylation sites (tertiary alicyclic amines) is 1. The number of rotatable bonds is 6. The molecule has 1 aromatic carbocycles. The van der Waals surface area contributed by atoms with Crippen LogP contribution in [0.3, 0.4) is 0 Å². The molecule has 0 aliphatic carbocycles. The number of methoxy groups -OCH3 is 2. The molecule has 0 spiro atoms. The molecule has 6 nitrogen and oxygen atoms in total. The maximum Gasteiger partial charge on any atom is 0.259 e. The Morgan fingerprint density at radius 3 is 2.81 bits per heavy atom. The van der Waals surface area contributed by atoms with Crippen LogP contribution in [0.15, 0.2) is 35.4 Å². The summed E-state index contributed by atoms with van der Waals surface area (Å²) in [6, 6.07) is 5.99. The highest BCUT2D eigenvalue weighted by molar-refractivity contribution is 8.00. The van der Waals surface area contributed by atoms with E-state index < -0.39 is 0 Å². The fourth-order valence-corrected chi connectivity index (χ4v) is 3.72. The third-order valence-electron chi connectivity index (χ3n) is 4.39. The zero-order valence-electron chi connectivity index (χ0n) is 15.5. The number of amides is 1. The van der Waals surface area contributed by atoms with Crippen LogP contribution in [0.4, 0.5) is 10.1 Å². The number of halogens is 1. The van der Waals surface area contributed by atoms with E-state index in [0.29, 0.717) is 33.7 Å². The van der Waals surface area contributed by atoms with Gasteiger partial charge in [0, 0.05) is 13.1 Å². The number of ether oxygens (including phenoxy) is 2. The number of nitrogens with zero attached hydrogens (tertiary/aromatic N) is 2. The van der Waals surface area contributed by atoms with E-state index in [-0.39, 0.29) is 11.7 Å². The van der Waals surface area contributed by atoms with Gasteiger partial charge in [0.1, 0.15) is 17.1 Å². The van der Waals surface area contributed by atoms with Gasteiger partial charge in [-0.3, -0.25) is 4.79 Å². The van der Waals surface area contributed by atoms with Crippen molar-refractivity contribution in [1.29, 1.82) is 0 Å². The van der Waals surface area contributed by atoms with Crippen molar-refractivity contribution in [3.05, 3.63) is 41.8 Å². The van der Waals surface area contributed by atoms with Gasteiger partial charge in [-0.05, 0) is 48.6 Å². The summed E-state index contributed by atoms with van der Waals surface area (Å²) in [6.07, 6.45) is 2.57. The van der Waals surface area contributed by atoms with Gasteiger partial charge in [0.15, 0.2) is 0 Å². The van der Waals surface area contributed by atoms with Gasteiger partial charge in [-0.1, -0.05) is 6.92 Å². The minimum absolute atomic E-state index is 0.0966. The molecular weight excluding hydrogens is 369 g/mol. The lowest BCUT2D eigenvalue weighted by Crippen LogP contribution is -2.29. The smallest absolute Gasteiger partial charge is 0.259 e. The van der Waals surface area contributed by atoms with E-state index in [2.05, 4.69) is 16.6 Å². The van der Waals surface area contributed by atoms with Gasteiger partial charge >= 0.3 is 0 Å². The molecule has 1 saturated heterocycles. The summed E-state index contributed by atoms with van der Waals surface area (Å²) in [6.45, 7) is 3.59. The monoisotopic (exact) mass is 391 g/mol. The van der Waals surface area contributed by atoms with Crippen LogP contribution in [-0.2, 0) is 0 Å². The Labute approximate surface area is 162 Å². The summed E-state index contributed by atoms with van der Waals surface area (Å²) >= 11 is 1.18. The van der Waals surface area contributed by atoms with Crippen LogP contribution in [0.5, 0.6) is 11.6 Å². The number of aromatic nitrogens is 1. The summed E-state index contributed by atoms with van der Waals surface area (Å²) in [4.78, 5) is 19.5. The molecule has 1 N–H and O–H groups in total. The van der Waals surface area contributed by atoms with Crippen LogP contribution in [0.25, 0.3) is 0 Å². The molecule has 0 radical (unpaired) electrons. The molecule has 27 heavy (non-hydrogen) atoms.